The molecule has 0 fully saturated rings. The lowest BCUT2D eigenvalue weighted by Crippen LogP contribution is -2.45. The Hall–Kier alpha value is -1.96. The molecule has 0 unspecified atom stereocenters. The van der Waals surface area contributed by atoms with Gasteiger partial charge in [0.25, 0.3) is 0 Å². The van der Waals surface area contributed by atoms with Gasteiger partial charge >= 0.3 is 0 Å². The lowest BCUT2D eigenvalue weighted by molar-refractivity contribution is 0.0546. The van der Waals surface area contributed by atoms with Crippen molar-refractivity contribution >= 4 is 19.9 Å². The maximum absolute atomic E-state index is 13.2. The molecule has 1 atom stereocenters. The number of phenolic OH excluding ortho intramolecular Hbond substituents is 2. The molecule has 1 aromatic carbocycles. The van der Waals surface area contributed by atoms with Crippen molar-refractivity contribution in [2.75, 3.05) is 0 Å². The average Bonchev–Trinajstić information content (AvgIpc) is 2.55. The summed E-state index contributed by atoms with van der Waals surface area (Å²) >= 11 is 0. The number of Topliss-reactive ketones (excluding diaryl/α,β-unsaturated/α-hetero) is 1. The Kier molecular flexibility index (Phi) is 6.19. The zero-order chi connectivity index (χ0) is 22.4. The van der Waals surface area contributed by atoms with Gasteiger partial charge in [0.1, 0.15) is 11.5 Å². The number of benzene rings is 1. The molecule has 0 saturated heterocycles. The number of phenols is 2. The van der Waals surface area contributed by atoms with Gasteiger partial charge in [-0.2, -0.15) is 0 Å². The molecule has 3 N–H and O–H groups in total. The predicted octanol–water partition coefficient (Wildman–Crippen LogP) is 4.34. The van der Waals surface area contributed by atoms with Crippen LogP contribution < -0.4 is 0 Å². The van der Waals surface area contributed by atoms with Crippen LogP contribution in [0.25, 0.3) is 0 Å². The van der Waals surface area contributed by atoms with Crippen molar-refractivity contribution in [2.24, 2.45) is 0 Å². The Morgan fingerprint density at radius 2 is 1.52 bits per heavy atom. The van der Waals surface area contributed by atoms with E-state index in [1.807, 2.05) is 0 Å². The highest BCUT2D eigenvalue weighted by Gasteiger charge is 2.42. The smallest absolute Gasteiger partial charge is 0.196 e. The van der Waals surface area contributed by atoms with Crippen molar-refractivity contribution in [3.63, 3.8) is 0 Å². The summed E-state index contributed by atoms with van der Waals surface area (Å²) in [4.78, 5) is 25.9. The zero-order valence-electron chi connectivity index (χ0n) is 18.3. The van der Waals surface area contributed by atoms with E-state index in [-0.39, 0.29) is 33.2 Å². The largest absolute Gasteiger partial charge is 0.507 e. The van der Waals surface area contributed by atoms with E-state index in [0.29, 0.717) is 12.8 Å². The number of allylic oxidation sites excluding steroid dienone is 1. The molecular formula is C22H32O6Si. The van der Waals surface area contributed by atoms with Gasteiger partial charge in [-0.25, -0.2) is 0 Å². The van der Waals surface area contributed by atoms with Gasteiger partial charge in [-0.1, -0.05) is 20.8 Å². The van der Waals surface area contributed by atoms with Crippen LogP contribution in [0.1, 0.15) is 68.2 Å². The van der Waals surface area contributed by atoms with Gasteiger partial charge in [-0.05, 0) is 63.0 Å². The van der Waals surface area contributed by atoms with E-state index in [1.165, 1.54) is 18.2 Å². The highest BCUT2D eigenvalue weighted by molar-refractivity contribution is 6.74. The molecular weight excluding hydrogens is 388 g/mol. The van der Waals surface area contributed by atoms with Crippen LogP contribution in [0.3, 0.4) is 0 Å². The third-order valence-electron chi connectivity index (χ3n) is 5.79. The summed E-state index contributed by atoms with van der Waals surface area (Å²) in [5.41, 5.74) is -1.19. The number of aromatic hydroxyl groups is 2. The quantitative estimate of drug-likeness (QED) is 0.467. The number of hydrogen-bond acceptors (Lipinski definition) is 6. The van der Waals surface area contributed by atoms with Crippen LogP contribution in [0.15, 0.2) is 23.8 Å². The summed E-state index contributed by atoms with van der Waals surface area (Å²) in [5.74, 6) is -1.78. The van der Waals surface area contributed by atoms with Crippen molar-refractivity contribution < 1.29 is 29.3 Å². The molecule has 0 bridgehead atoms. The molecule has 1 aliphatic carbocycles. The Labute approximate surface area is 173 Å². The molecule has 160 valence electrons. The molecule has 0 saturated carbocycles. The monoisotopic (exact) mass is 420 g/mol. The molecule has 6 nitrogen and oxygen atoms in total. The fourth-order valence-electron chi connectivity index (χ4n) is 3.02. The number of carbonyl (C=O) groups is 2. The first-order chi connectivity index (χ1) is 13.0. The minimum atomic E-state index is -2.31. The molecule has 0 spiro atoms. The molecule has 0 heterocycles. The van der Waals surface area contributed by atoms with Gasteiger partial charge in [0.2, 0.25) is 0 Å². The van der Waals surface area contributed by atoms with Crippen LogP contribution >= 0.6 is 0 Å². The number of fused-ring (bicyclic) bond motifs is 1. The predicted molar refractivity (Wildman–Crippen MR) is 114 cm³/mol. The van der Waals surface area contributed by atoms with Gasteiger partial charge in [0, 0.05) is 5.57 Å². The summed E-state index contributed by atoms with van der Waals surface area (Å²) in [6.07, 6.45) is 1.21. The number of ketones is 2. The second-order valence-corrected chi connectivity index (χ2v) is 14.6. The van der Waals surface area contributed by atoms with Gasteiger partial charge in [-0.3, -0.25) is 9.59 Å². The maximum atomic E-state index is 13.2. The highest BCUT2D eigenvalue weighted by Crippen LogP contribution is 2.41. The fraction of sp³-hybridized carbons (Fsp3) is 0.545. The van der Waals surface area contributed by atoms with Crippen LogP contribution in [0.5, 0.6) is 11.5 Å². The Morgan fingerprint density at radius 3 is 2.00 bits per heavy atom. The van der Waals surface area contributed by atoms with Gasteiger partial charge in [-0.15, -0.1) is 0 Å². The second-order valence-electron chi connectivity index (χ2n) is 9.86. The lowest BCUT2D eigenvalue weighted by Gasteiger charge is -2.40. The molecule has 7 heteroatoms. The molecule has 2 rings (SSSR count). The number of hydrogen-bond donors (Lipinski definition) is 3. The molecule has 29 heavy (non-hydrogen) atoms. The zero-order valence-corrected chi connectivity index (χ0v) is 19.3. The first-order valence-corrected chi connectivity index (χ1v) is 12.7. The summed E-state index contributed by atoms with van der Waals surface area (Å²) in [6, 6.07) is 2.39. The third-order valence-corrected chi connectivity index (χ3v) is 10.3. The van der Waals surface area contributed by atoms with Crippen molar-refractivity contribution in [1.29, 1.82) is 0 Å². The maximum Gasteiger partial charge on any atom is 0.196 e. The lowest BCUT2D eigenvalue weighted by atomic mass is 9.84. The summed E-state index contributed by atoms with van der Waals surface area (Å²) in [5, 5.41) is 30.3. The minimum Gasteiger partial charge on any atom is -0.507 e. The standard InChI is InChI=1S/C22H32O6Si/c1-21(2,3)29(6,7)28-17(10-11-22(4,5)27)13-12-16(25)18-14(23)8-9-15(24)19(18)20(13)26/h8-9,12,17,23-24,27H,10-11H2,1-7H3/t17-/m1/s1. The number of carbonyl (C=O) groups excluding carboxylic acids is 2. The molecule has 0 aromatic heterocycles. The average molecular weight is 421 g/mol. The number of aliphatic hydroxyl groups is 1. The van der Waals surface area contributed by atoms with E-state index in [4.69, 9.17) is 4.43 Å². The van der Waals surface area contributed by atoms with E-state index in [9.17, 15) is 24.9 Å². The summed E-state index contributed by atoms with van der Waals surface area (Å²) < 4.78 is 6.48. The van der Waals surface area contributed by atoms with Crippen LogP contribution in [-0.2, 0) is 4.43 Å². The minimum absolute atomic E-state index is 0.124. The van der Waals surface area contributed by atoms with E-state index in [1.54, 1.807) is 13.8 Å². The van der Waals surface area contributed by atoms with Gasteiger partial charge in [0.05, 0.1) is 22.8 Å². The van der Waals surface area contributed by atoms with Crippen LogP contribution in [0.2, 0.25) is 18.1 Å². The van der Waals surface area contributed by atoms with E-state index in [2.05, 4.69) is 33.9 Å². The molecule has 1 aromatic rings. The molecule has 0 amide bonds. The summed E-state index contributed by atoms with van der Waals surface area (Å²) in [7, 11) is -2.31. The molecule has 0 radical (unpaired) electrons. The fourth-order valence-corrected chi connectivity index (χ4v) is 4.33. The summed E-state index contributed by atoms with van der Waals surface area (Å²) in [6.45, 7) is 13.7. The first-order valence-electron chi connectivity index (χ1n) is 9.81. The van der Waals surface area contributed by atoms with Gasteiger partial charge in [0.15, 0.2) is 19.9 Å². The number of rotatable bonds is 6. The van der Waals surface area contributed by atoms with E-state index < -0.39 is 31.6 Å². The Balaban J connectivity index is 2.52. The molecule has 1 aliphatic rings. The normalized spacial score (nSPS) is 16.5. The van der Waals surface area contributed by atoms with Gasteiger partial charge < -0.3 is 19.7 Å². The van der Waals surface area contributed by atoms with Crippen molar-refractivity contribution in [1.82, 2.24) is 0 Å². The van der Waals surface area contributed by atoms with Crippen molar-refractivity contribution in [3.8, 4) is 11.5 Å². The third kappa shape index (κ3) is 4.97. The molecule has 0 aliphatic heterocycles. The Morgan fingerprint density at radius 1 is 1.00 bits per heavy atom. The highest BCUT2D eigenvalue weighted by atomic mass is 28.4. The van der Waals surface area contributed by atoms with Crippen molar-refractivity contribution in [2.45, 2.75) is 77.3 Å². The second kappa shape index (κ2) is 7.70. The van der Waals surface area contributed by atoms with E-state index in [0.717, 1.165) is 0 Å². The first kappa shape index (κ1) is 23.3. The topological polar surface area (TPSA) is 104 Å². The van der Waals surface area contributed by atoms with Crippen LogP contribution in [-0.4, -0.2) is 46.9 Å². The van der Waals surface area contributed by atoms with Crippen LogP contribution in [0.4, 0.5) is 0 Å². The SMILES string of the molecule is CC(C)(O)CC[C@@H](O[Si](C)(C)C(C)(C)C)C1=CC(=O)c2c(O)ccc(O)c2C1=O. The van der Waals surface area contributed by atoms with Crippen molar-refractivity contribution in [3.05, 3.63) is 34.9 Å². The van der Waals surface area contributed by atoms with Crippen LogP contribution in [0, 0.1) is 0 Å². The van der Waals surface area contributed by atoms with E-state index >= 15 is 0 Å². The Bertz CT molecular complexity index is 855.